The molecular weight excluding hydrogens is 285 g/mol. The molecule has 2 aromatic carbocycles. The van der Waals surface area contributed by atoms with Crippen molar-refractivity contribution in [1.82, 2.24) is 0 Å². The van der Waals surface area contributed by atoms with E-state index in [1.165, 1.54) is 12.1 Å². The monoisotopic (exact) mass is 305 g/mol. The fourth-order valence-corrected chi connectivity index (χ4v) is 2.16. The van der Waals surface area contributed by atoms with Gasteiger partial charge in [0.1, 0.15) is 18.2 Å². The summed E-state index contributed by atoms with van der Waals surface area (Å²) in [6, 6.07) is 12.7. The van der Waals surface area contributed by atoms with Crippen molar-refractivity contribution in [3.05, 3.63) is 65.5 Å². The maximum absolute atomic E-state index is 13.1. The van der Waals surface area contributed by atoms with E-state index in [0.717, 1.165) is 0 Å². The number of rotatable bonds is 7. The van der Waals surface area contributed by atoms with Crippen LogP contribution in [-0.2, 0) is 6.61 Å². The molecule has 0 radical (unpaired) electrons. The van der Waals surface area contributed by atoms with E-state index in [0.29, 0.717) is 16.9 Å². The van der Waals surface area contributed by atoms with E-state index in [9.17, 15) is 9.50 Å². The van der Waals surface area contributed by atoms with Crippen molar-refractivity contribution in [3.63, 3.8) is 0 Å². The van der Waals surface area contributed by atoms with Crippen molar-refractivity contribution in [2.45, 2.75) is 25.2 Å². The number of halogens is 1. The Morgan fingerprint density at radius 2 is 1.91 bits per heavy atom. The van der Waals surface area contributed by atoms with Crippen molar-refractivity contribution >= 4 is 0 Å². The molecule has 0 heterocycles. The van der Waals surface area contributed by atoms with Crippen LogP contribution in [0.3, 0.4) is 0 Å². The molecule has 0 aliphatic carbocycles. The fraction of sp³-hybridized carbons (Fsp3) is 0.294. The first-order valence-corrected chi connectivity index (χ1v) is 7.11. The van der Waals surface area contributed by atoms with Crippen molar-refractivity contribution in [3.8, 4) is 5.75 Å². The van der Waals surface area contributed by atoms with Gasteiger partial charge in [0.05, 0.1) is 12.7 Å². The number of aliphatic hydroxyl groups excluding tert-OH is 2. The molecule has 118 valence electrons. The summed E-state index contributed by atoms with van der Waals surface area (Å²) in [5.74, 6) is 0.202. The van der Waals surface area contributed by atoms with Gasteiger partial charge in [0, 0.05) is 11.6 Å². The molecule has 2 atom stereocenters. The lowest BCUT2D eigenvalue weighted by atomic mass is 10.0. The minimum Gasteiger partial charge on any atom is -0.489 e. The fourth-order valence-electron chi connectivity index (χ4n) is 2.16. The molecule has 4 nitrogen and oxygen atoms in total. The van der Waals surface area contributed by atoms with Crippen molar-refractivity contribution in [2.75, 3.05) is 6.61 Å². The number of ether oxygens (including phenoxy) is 1. The number of nitrogens with two attached hydrogens (primary N) is 1. The topological polar surface area (TPSA) is 75.7 Å². The Balaban J connectivity index is 2.08. The molecule has 22 heavy (non-hydrogen) atoms. The van der Waals surface area contributed by atoms with Crippen LogP contribution in [0.25, 0.3) is 0 Å². The summed E-state index contributed by atoms with van der Waals surface area (Å²) in [6.45, 7) is 0.0108. The van der Waals surface area contributed by atoms with Crippen LogP contribution in [-0.4, -0.2) is 22.9 Å². The van der Waals surface area contributed by atoms with Gasteiger partial charge in [-0.2, -0.15) is 0 Å². The van der Waals surface area contributed by atoms with Crippen LogP contribution in [0.4, 0.5) is 4.39 Å². The molecule has 0 aliphatic rings. The summed E-state index contributed by atoms with van der Waals surface area (Å²) in [4.78, 5) is 0. The standard InChI is InChI=1S/C17H20FNO3/c18-13-5-3-4-12(8-13)11-22-17-7-2-1-6-15(17)16(21)9-14(19)10-20/h1-8,14,16,20-21H,9-11,19H2/t14-,16-/m1/s1. The van der Waals surface area contributed by atoms with Crippen LogP contribution in [0.1, 0.15) is 23.7 Å². The van der Waals surface area contributed by atoms with Gasteiger partial charge in [0.15, 0.2) is 0 Å². The summed E-state index contributed by atoms with van der Waals surface area (Å²) in [7, 11) is 0. The first-order valence-electron chi connectivity index (χ1n) is 7.11. The van der Waals surface area contributed by atoms with E-state index < -0.39 is 12.1 Å². The summed E-state index contributed by atoms with van der Waals surface area (Å²) >= 11 is 0. The smallest absolute Gasteiger partial charge is 0.125 e. The van der Waals surface area contributed by atoms with Gasteiger partial charge in [-0.3, -0.25) is 0 Å². The Morgan fingerprint density at radius 1 is 1.14 bits per heavy atom. The molecule has 0 bridgehead atoms. The zero-order valence-electron chi connectivity index (χ0n) is 12.2. The molecule has 0 amide bonds. The van der Waals surface area contributed by atoms with Gasteiger partial charge in [-0.25, -0.2) is 4.39 Å². The predicted octanol–water partition coefficient (Wildman–Crippen LogP) is 2.15. The van der Waals surface area contributed by atoms with E-state index in [-0.39, 0.29) is 25.5 Å². The number of aliphatic hydroxyl groups is 2. The second kappa shape index (κ2) is 7.89. The first kappa shape index (κ1) is 16.4. The molecule has 0 fully saturated rings. The maximum Gasteiger partial charge on any atom is 0.125 e. The number of benzene rings is 2. The van der Waals surface area contributed by atoms with Gasteiger partial charge >= 0.3 is 0 Å². The van der Waals surface area contributed by atoms with E-state index >= 15 is 0 Å². The molecule has 2 rings (SSSR count). The largest absolute Gasteiger partial charge is 0.489 e. The zero-order chi connectivity index (χ0) is 15.9. The first-order chi connectivity index (χ1) is 10.6. The number of hydrogen-bond acceptors (Lipinski definition) is 4. The second-order valence-corrected chi connectivity index (χ2v) is 5.15. The lowest BCUT2D eigenvalue weighted by Crippen LogP contribution is -2.26. The molecule has 5 heteroatoms. The van der Waals surface area contributed by atoms with Gasteiger partial charge in [-0.1, -0.05) is 30.3 Å². The summed E-state index contributed by atoms with van der Waals surface area (Å²) in [5, 5.41) is 19.2. The van der Waals surface area contributed by atoms with Gasteiger partial charge in [0.2, 0.25) is 0 Å². The minimum atomic E-state index is -0.828. The summed E-state index contributed by atoms with van der Waals surface area (Å²) in [5.41, 5.74) is 6.96. The van der Waals surface area contributed by atoms with Gasteiger partial charge in [-0.05, 0) is 30.2 Å². The lowest BCUT2D eigenvalue weighted by Gasteiger charge is -2.18. The van der Waals surface area contributed by atoms with Crippen LogP contribution < -0.4 is 10.5 Å². The molecule has 0 spiro atoms. The van der Waals surface area contributed by atoms with E-state index in [1.54, 1.807) is 36.4 Å². The van der Waals surface area contributed by atoms with E-state index in [4.69, 9.17) is 15.6 Å². The quantitative estimate of drug-likeness (QED) is 0.732. The highest BCUT2D eigenvalue weighted by Crippen LogP contribution is 2.28. The van der Waals surface area contributed by atoms with Crippen LogP contribution in [0, 0.1) is 5.82 Å². The van der Waals surface area contributed by atoms with E-state index in [2.05, 4.69) is 0 Å². The third-order valence-corrected chi connectivity index (χ3v) is 3.32. The third-order valence-electron chi connectivity index (χ3n) is 3.32. The summed E-state index contributed by atoms with van der Waals surface area (Å²) in [6.07, 6.45) is -0.595. The predicted molar refractivity (Wildman–Crippen MR) is 81.8 cm³/mol. The molecule has 0 saturated carbocycles. The van der Waals surface area contributed by atoms with Gasteiger partial charge in [0.25, 0.3) is 0 Å². The highest BCUT2D eigenvalue weighted by Gasteiger charge is 2.16. The molecule has 0 saturated heterocycles. The molecular formula is C17H20FNO3. The van der Waals surface area contributed by atoms with E-state index in [1.807, 2.05) is 0 Å². The maximum atomic E-state index is 13.1. The molecule has 0 unspecified atom stereocenters. The normalized spacial score (nSPS) is 13.6. The summed E-state index contributed by atoms with van der Waals surface area (Å²) < 4.78 is 18.8. The third kappa shape index (κ3) is 4.53. The Kier molecular flexibility index (Phi) is 5.89. The average molecular weight is 305 g/mol. The Bertz CT molecular complexity index is 606. The molecule has 2 aromatic rings. The van der Waals surface area contributed by atoms with Crippen molar-refractivity contribution in [2.24, 2.45) is 5.73 Å². The highest BCUT2D eigenvalue weighted by molar-refractivity contribution is 5.35. The van der Waals surface area contributed by atoms with Gasteiger partial charge < -0.3 is 20.7 Å². The highest BCUT2D eigenvalue weighted by atomic mass is 19.1. The SMILES string of the molecule is N[C@@H](CO)C[C@@H](O)c1ccccc1OCc1cccc(F)c1. The van der Waals surface area contributed by atoms with Crippen molar-refractivity contribution < 1.29 is 19.3 Å². The minimum absolute atomic E-state index is 0.191. The Labute approximate surface area is 129 Å². The second-order valence-electron chi connectivity index (χ2n) is 5.15. The van der Waals surface area contributed by atoms with Crippen LogP contribution in [0.15, 0.2) is 48.5 Å². The van der Waals surface area contributed by atoms with Crippen LogP contribution >= 0.6 is 0 Å². The molecule has 4 N–H and O–H groups in total. The molecule has 0 aromatic heterocycles. The Morgan fingerprint density at radius 3 is 2.64 bits per heavy atom. The average Bonchev–Trinajstić information content (AvgIpc) is 2.53. The number of hydrogen-bond donors (Lipinski definition) is 3. The Hall–Kier alpha value is -1.95. The van der Waals surface area contributed by atoms with Crippen LogP contribution in [0.2, 0.25) is 0 Å². The van der Waals surface area contributed by atoms with Crippen molar-refractivity contribution in [1.29, 1.82) is 0 Å². The zero-order valence-corrected chi connectivity index (χ0v) is 12.2. The van der Waals surface area contributed by atoms with Crippen LogP contribution in [0.5, 0.6) is 5.75 Å². The molecule has 0 aliphatic heterocycles. The van der Waals surface area contributed by atoms with Gasteiger partial charge in [-0.15, -0.1) is 0 Å². The number of para-hydroxylation sites is 1. The lowest BCUT2D eigenvalue weighted by molar-refractivity contribution is 0.135.